The van der Waals surface area contributed by atoms with E-state index in [2.05, 4.69) is 5.32 Å². The summed E-state index contributed by atoms with van der Waals surface area (Å²) in [5.41, 5.74) is 2.54. The molecule has 0 spiro atoms. The van der Waals surface area contributed by atoms with Crippen LogP contribution in [0.15, 0.2) is 54.1 Å². The predicted molar refractivity (Wildman–Crippen MR) is 105 cm³/mol. The fraction of sp³-hybridized carbons (Fsp3) is 0.105. The Hall–Kier alpha value is -2.57. The SMILES string of the molecule is CC(=O)/C(=C\n1c(=S)sc2ccccc21)C(=O)Nc1ccccc1C. The van der Waals surface area contributed by atoms with Gasteiger partial charge in [-0.2, -0.15) is 0 Å². The Kier molecular flexibility index (Phi) is 4.92. The summed E-state index contributed by atoms with van der Waals surface area (Å²) in [7, 11) is 0. The van der Waals surface area contributed by atoms with E-state index in [4.69, 9.17) is 12.2 Å². The second-order valence-electron chi connectivity index (χ2n) is 5.57. The zero-order chi connectivity index (χ0) is 18.0. The number of anilines is 1. The van der Waals surface area contributed by atoms with Gasteiger partial charge in [-0.1, -0.05) is 30.3 Å². The number of nitrogens with one attached hydrogen (secondary N) is 1. The third-order valence-corrected chi connectivity index (χ3v) is 5.18. The van der Waals surface area contributed by atoms with Gasteiger partial charge in [0.15, 0.2) is 9.74 Å². The van der Waals surface area contributed by atoms with Gasteiger partial charge >= 0.3 is 0 Å². The molecule has 0 aliphatic carbocycles. The zero-order valence-electron chi connectivity index (χ0n) is 13.8. The highest BCUT2D eigenvalue weighted by Crippen LogP contribution is 2.24. The van der Waals surface area contributed by atoms with Crippen molar-refractivity contribution in [2.24, 2.45) is 0 Å². The molecular weight excluding hydrogens is 352 g/mol. The topological polar surface area (TPSA) is 51.1 Å². The monoisotopic (exact) mass is 368 g/mol. The smallest absolute Gasteiger partial charge is 0.260 e. The maximum Gasteiger partial charge on any atom is 0.260 e. The maximum atomic E-state index is 12.6. The Balaban J connectivity index is 2.03. The minimum Gasteiger partial charge on any atom is -0.322 e. The van der Waals surface area contributed by atoms with Gasteiger partial charge in [-0.15, -0.1) is 11.3 Å². The Morgan fingerprint density at radius 1 is 1.12 bits per heavy atom. The lowest BCUT2D eigenvalue weighted by molar-refractivity contribution is -0.118. The summed E-state index contributed by atoms with van der Waals surface area (Å²) in [6.07, 6.45) is 1.52. The average molecular weight is 368 g/mol. The number of hydrogen-bond donors (Lipinski definition) is 1. The van der Waals surface area contributed by atoms with Crippen LogP contribution in [0.5, 0.6) is 0 Å². The van der Waals surface area contributed by atoms with Crippen molar-refractivity contribution in [1.82, 2.24) is 4.57 Å². The van der Waals surface area contributed by atoms with Crippen LogP contribution >= 0.6 is 23.6 Å². The van der Waals surface area contributed by atoms with Gasteiger partial charge in [-0.25, -0.2) is 0 Å². The summed E-state index contributed by atoms with van der Waals surface area (Å²) in [5.74, 6) is -0.762. The highest BCUT2D eigenvalue weighted by molar-refractivity contribution is 7.73. The van der Waals surface area contributed by atoms with Crippen LogP contribution in [-0.2, 0) is 9.59 Å². The van der Waals surface area contributed by atoms with Gasteiger partial charge in [0.2, 0.25) is 0 Å². The van der Waals surface area contributed by atoms with Crippen molar-refractivity contribution in [3.05, 3.63) is 63.6 Å². The highest BCUT2D eigenvalue weighted by Gasteiger charge is 2.17. The van der Waals surface area contributed by atoms with Crippen LogP contribution in [0.25, 0.3) is 16.4 Å². The molecular formula is C19H16N2O2S2. The van der Waals surface area contributed by atoms with Crippen LogP contribution in [0.4, 0.5) is 5.69 Å². The van der Waals surface area contributed by atoms with Crippen LogP contribution in [0.3, 0.4) is 0 Å². The molecule has 25 heavy (non-hydrogen) atoms. The van der Waals surface area contributed by atoms with E-state index in [1.54, 1.807) is 10.6 Å². The van der Waals surface area contributed by atoms with Crippen molar-refractivity contribution in [3.63, 3.8) is 0 Å². The minimum absolute atomic E-state index is 0.0582. The molecule has 1 heterocycles. The van der Waals surface area contributed by atoms with Crippen molar-refractivity contribution in [1.29, 1.82) is 0 Å². The molecule has 126 valence electrons. The second kappa shape index (κ2) is 7.13. The van der Waals surface area contributed by atoms with Crippen molar-refractivity contribution in [2.45, 2.75) is 13.8 Å². The van der Waals surface area contributed by atoms with E-state index in [-0.39, 0.29) is 11.4 Å². The summed E-state index contributed by atoms with van der Waals surface area (Å²) in [6.45, 7) is 3.27. The van der Waals surface area contributed by atoms with E-state index >= 15 is 0 Å². The number of thiazole rings is 1. The Bertz CT molecular complexity index is 1060. The molecule has 3 aromatic rings. The number of Topliss-reactive ketones (excluding diaryl/α,β-unsaturated/α-hetero) is 1. The first kappa shape index (κ1) is 17.3. The van der Waals surface area contributed by atoms with Crippen LogP contribution in [-0.4, -0.2) is 16.3 Å². The van der Waals surface area contributed by atoms with Crippen molar-refractivity contribution >= 4 is 57.3 Å². The molecule has 1 aromatic heterocycles. The molecule has 6 heteroatoms. The minimum atomic E-state index is -0.445. The van der Waals surface area contributed by atoms with Gasteiger partial charge < -0.3 is 5.32 Å². The lowest BCUT2D eigenvalue weighted by Crippen LogP contribution is -2.20. The number of carbonyl (C=O) groups excluding carboxylic acids is 2. The highest BCUT2D eigenvalue weighted by atomic mass is 32.1. The average Bonchev–Trinajstić information content (AvgIpc) is 2.89. The molecule has 1 amide bonds. The normalized spacial score (nSPS) is 11.5. The van der Waals surface area contributed by atoms with E-state index in [1.165, 1.54) is 24.5 Å². The number of aryl methyl sites for hydroxylation is 1. The van der Waals surface area contributed by atoms with Crippen LogP contribution in [0.2, 0.25) is 0 Å². The lowest BCUT2D eigenvalue weighted by Gasteiger charge is -2.09. The van der Waals surface area contributed by atoms with E-state index in [0.717, 1.165) is 15.8 Å². The summed E-state index contributed by atoms with van der Waals surface area (Å²) in [6, 6.07) is 15.1. The number of ketones is 1. The number of aromatic nitrogens is 1. The Labute approximate surface area is 154 Å². The third-order valence-electron chi connectivity index (χ3n) is 3.79. The van der Waals surface area contributed by atoms with E-state index in [0.29, 0.717) is 9.64 Å². The number of hydrogen-bond acceptors (Lipinski definition) is 4. The molecule has 0 fully saturated rings. The molecule has 0 radical (unpaired) electrons. The quantitative estimate of drug-likeness (QED) is 0.311. The van der Waals surface area contributed by atoms with E-state index < -0.39 is 5.91 Å². The number of fused-ring (bicyclic) bond motifs is 1. The second-order valence-corrected chi connectivity index (χ2v) is 7.25. The molecule has 0 bridgehead atoms. The molecule has 1 N–H and O–H groups in total. The van der Waals surface area contributed by atoms with Crippen molar-refractivity contribution in [3.8, 4) is 0 Å². The first-order valence-corrected chi connectivity index (χ1v) is 8.89. The molecule has 2 aromatic carbocycles. The number of benzene rings is 2. The van der Waals surface area contributed by atoms with Gasteiger partial charge in [-0.3, -0.25) is 14.2 Å². The van der Waals surface area contributed by atoms with Crippen LogP contribution < -0.4 is 5.32 Å². The first-order chi connectivity index (χ1) is 12.0. The molecule has 4 nitrogen and oxygen atoms in total. The first-order valence-electron chi connectivity index (χ1n) is 7.67. The predicted octanol–water partition coefficient (Wildman–Crippen LogP) is 4.81. The molecule has 0 atom stereocenters. The molecule has 0 saturated carbocycles. The number of para-hydroxylation sites is 2. The molecule has 0 aliphatic rings. The molecule has 0 saturated heterocycles. The standard InChI is InChI=1S/C19H16N2O2S2/c1-12-7-3-4-8-15(12)20-18(23)14(13(2)22)11-21-16-9-5-6-10-17(16)25-19(21)24/h3-11H,1-2H3,(H,20,23)/b14-11+. The van der Waals surface area contributed by atoms with Crippen LogP contribution in [0, 0.1) is 10.9 Å². The van der Waals surface area contributed by atoms with Gasteiger partial charge in [0, 0.05) is 11.9 Å². The Morgan fingerprint density at radius 3 is 2.52 bits per heavy atom. The maximum absolute atomic E-state index is 12.6. The van der Waals surface area contributed by atoms with Crippen LogP contribution in [0.1, 0.15) is 12.5 Å². The van der Waals surface area contributed by atoms with Gasteiger partial charge in [-0.05, 0) is 49.8 Å². The van der Waals surface area contributed by atoms with E-state index in [9.17, 15) is 9.59 Å². The number of nitrogens with zero attached hydrogens (tertiary/aromatic N) is 1. The summed E-state index contributed by atoms with van der Waals surface area (Å²) in [4.78, 5) is 24.7. The lowest BCUT2D eigenvalue weighted by atomic mass is 10.1. The largest absolute Gasteiger partial charge is 0.322 e. The summed E-state index contributed by atoms with van der Waals surface area (Å²) >= 11 is 6.83. The Morgan fingerprint density at radius 2 is 1.80 bits per heavy atom. The van der Waals surface area contributed by atoms with Gasteiger partial charge in [0.1, 0.15) is 0 Å². The van der Waals surface area contributed by atoms with Gasteiger partial charge in [0.25, 0.3) is 5.91 Å². The van der Waals surface area contributed by atoms with Gasteiger partial charge in [0.05, 0.1) is 15.8 Å². The van der Waals surface area contributed by atoms with Crippen molar-refractivity contribution < 1.29 is 9.59 Å². The fourth-order valence-corrected chi connectivity index (χ4v) is 3.72. The number of carbonyl (C=O) groups is 2. The molecule has 0 unspecified atom stereocenters. The third kappa shape index (κ3) is 3.60. The molecule has 0 aliphatic heterocycles. The summed E-state index contributed by atoms with van der Waals surface area (Å²) in [5, 5.41) is 2.80. The zero-order valence-corrected chi connectivity index (χ0v) is 15.4. The summed E-state index contributed by atoms with van der Waals surface area (Å²) < 4.78 is 3.30. The van der Waals surface area contributed by atoms with Crippen molar-refractivity contribution in [2.75, 3.05) is 5.32 Å². The molecule has 3 rings (SSSR count). The number of amides is 1. The number of rotatable bonds is 4. The van der Waals surface area contributed by atoms with E-state index in [1.807, 2.05) is 49.4 Å². The fourth-order valence-electron chi connectivity index (χ4n) is 2.45.